The van der Waals surface area contributed by atoms with Crippen LogP contribution in [-0.2, 0) is 21.7 Å². The van der Waals surface area contributed by atoms with Gasteiger partial charge in [0.1, 0.15) is 17.3 Å². The highest BCUT2D eigenvalue weighted by molar-refractivity contribution is 6.11. The lowest BCUT2D eigenvalue weighted by atomic mass is 9.77. The molecule has 8 aromatic carbocycles. The quantitative estimate of drug-likeness (QED) is 0.0956. The minimum Gasteiger partial charge on any atom is -0.458 e. The van der Waals surface area contributed by atoms with Crippen LogP contribution in [0.25, 0.3) is 61.3 Å². The van der Waals surface area contributed by atoms with E-state index in [1.165, 1.54) is 38.6 Å². The Kier molecular flexibility index (Phi) is 12.3. The lowest BCUT2D eigenvalue weighted by Crippen LogP contribution is -2.41. The standard InChI is InChI=1S/C70H66N4O/c1-67(2,3)54-35-36-71-65(42-54)74-62-34-24-23-33-60(62)66-61(68(4,5)6)44-59(45-63(66)74)75-58-40-51(49-27-17-12-18-28-49)38-56(43-58)72-46-64(70(9,10)53-31-21-14-22-32-53)73(47-72)57-39-50(48-25-15-11-16-26-48)37-55(41-57)69(7,8)52-29-19-13-20-30-52/h11-46H,1-10H3. The van der Waals surface area contributed by atoms with E-state index in [2.05, 4.69) is 302 Å². The van der Waals surface area contributed by atoms with Crippen molar-refractivity contribution in [3.05, 3.63) is 258 Å². The fourth-order valence-electron chi connectivity index (χ4n) is 10.8. The molecular weight excluding hydrogens is 913 g/mol. The number of hydrogen-bond acceptors (Lipinski definition) is 2. The van der Waals surface area contributed by atoms with Gasteiger partial charge in [-0.1, -0.05) is 215 Å². The van der Waals surface area contributed by atoms with Crippen LogP contribution in [0.2, 0.25) is 0 Å². The van der Waals surface area contributed by atoms with Crippen LogP contribution in [0.4, 0.5) is 0 Å². The van der Waals surface area contributed by atoms with Crippen LogP contribution in [-0.4, -0.2) is 14.1 Å². The molecule has 0 fully saturated rings. The fraction of sp³-hybridized carbons (Fsp3) is 0.200. The SMILES string of the molecule is CC(C)(C)c1ccnc(-n2c3ccccc3c3c(C(C)(C)C)cc(Oc4cc(-c5ccccc5)cc(-n5[c-][n+](-c6cc(-c7ccccc7)cc(C(C)(C)c7ccccc7)c6)c(C(C)(C)c6ccccc6)c5)c4)cc32)c1. The van der Waals surface area contributed by atoms with Crippen molar-refractivity contribution in [2.24, 2.45) is 0 Å². The second kappa shape index (κ2) is 18.9. The van der Waals surface area contributed by atoms with Gasteiger partial charge in [-0.15, -0.1) is 0 Å². The third-order valence-electron chi connectivity index (χ3n) is 15.2. The molecule has 0 radical (unpaired) electrons. The minimum atomic E-state index is -0.435. The summed E-state index contributed by atoms with van der Waals surface area (Å²) in [5.41, 5.74) is 14.8. The summed E-state index contributed by atoms with van der Waals surface area (Å²) >= 11 is 0. The second-order valence-electron chi connectivity index (χ2n) is 23.2. The molecule has 0 spiro atoms. The van der Waals surface area contributed by atoms with Crippen LogP contribution < -0.4 is 9.30 Å². The van der Waals surface area contributed by atoms with Crippen LogP contribution in [0.15, 0.2) is 219 Å². The third-order valence-corrected chi connectivity index (χ3v) is 15.2. The van der Waals surface area contributed by atoms with Crippen LogP contribution in [0, 0.1) is 6.33 Å². The summed E-state index contributed by atoms with van der Waals surface area (Å²) in [6, 6.07) is 74.1. The van der Waals surface area contributed by atoms with Gasteiger partial charge in [0.25, 0.3) is 6.33 Å². The molecule has 0 saturated carbocycles. The van der Waals surface area contributed by atoms with Gasteiger partial charge in [-0.3, -0.25) is 13.7 Å². The number of para-hydroxylation sites is 1. The van der Waals surface area contributed by atoms with Gasteiger partial charge >= 0.3 is 0 Å². The van der Waals surface area contributed by atoms with Gasteiger partial charge in [-0.25, -0.2) is 4.98 Å². The first-order chi connectivity index (χ1) is 35.9. The Bertz CT molecular complexity index is 3850. The fourth-order valence-corrected chi connectivity index (χ4v) is 10.8. The van der Waals surface area contributed by atoms with Crippen molar-refractivity contribution in [2.75, 3.05) is 0 Å². The molecule has 3 heterocycles. The van der Waals surface area contributed by atoms with E-state index in [0.717, 1.165) is 67.7 Å². The molecule has 0 N–H and O–H groups in total. The highest BCUT2D eigenvalue weighted by atomic mass is 16.5. The number of nitrogens with zero attached hydrogens (tertiary/aromatic N) is 4. The van der Waals surface area contributed by atoms with E-state index in [4.69, 9.17) is 9.72 Å². The van der Waals surface area contributed by atoms with E-state index in [0.29, 0.717) is 0 Å². The first kappa shape index (κ1) is 49.0. The first-order valence-electron chi connectivity index (χ1n) is 26.3. The van der Waals surface area contributed by atoms with Gasteiger partial charge in [-0.05, 0) is 115 Å². The molecule has 5 heteroatoms. The molecule has 0 atom stereocenters. The van der Waals surface area contributed by atoms with Crippen molar-refractivity contribution in [1.29, 1.82) is 0 Å². The Hall–Kier alpha value is -8.28. The molecular formula is C70H66N4O. The number of aromatic nitrogens is 4. The summed E-state index contributed by atoms with van der Waals surface area (Å²) in [4.78, 5) is 5.02. The Morgan fingerprint density at radius 3 is 1.65 bits per heavy atom. The smallest absolute Gasteiger partial charge is 0.269 e. The molecule has 0 unspecified atom stereocenters. The van der Waals surface area contributed by atoms with Gasteiger partial charge in [-0.2, -0.15) is 0 Å². The zero-order chi connectivity index (χ0) is 52.3. The molecule has 0 aliphatic carbocycles. The zero-order valence-electron chi connectivity index (χ0n) is 45.0. The number of ether oxygens (including phenoxy) is 1. The van der Waals surface area contributed by atoms with Gasteiger partial charge in [0.15, 0.2) is 0 Å². The third kappa shape index (κ3) is 9.37. The number of pyridine rings is 1. The summed E-state index contributed by atoms with van der Waals surface area (Å²) in [6.07, 6.45) is 8.14. The van der Waals surface area contributed by atoms with Gasteiger partial charge in [0.05, 0.1) is 28.1 Å². The summed E-state index contributed by atoms with van der Waals surface area (Å²) in [5, 5.41) is 2.40. The molecule has 0 amide bonds. The number of hydrogen-bond donors (Lipinski definition) is 0. The number of benzene rings is 8. The molecule has 0 aliphatic heterocycles. The molecule has 372 valence electrons. The van der Waals surface area contributed by atoms with Crippen LogP contribution >= 0.6 is 0 Å². The predicted octanol–water partition coefficient (Wildman–Crippen LogP) is 17.4. The van der Waals surface area contributed by atoms with E-state index in [1.807, 2.05) is 6.20 Å². The van der Waals surface area contributed by atoms with Crippen molar-refractivity contribution in [1.82, 2.24) is 14.1 Å². The molecule has 75 heavy (non-hydrogen) atoms. The minimum absolute atomic E-state index is 0.0499. The lowest BCUT2D eigenvalue weighted by molar-refractivity contribution is -0.611. The Morgan fingerprint density at radius 1 is 0.453 bits per heavy atom. The maximum absolute atomic E-state index is 7.26. The second-order valence-corrected chi connectivity index (χ2v) is 23.2. The van der Waals surface area contributed by atoms with E-state index < -0.39 is 5.41 Å². The predicted molar refractivity (Wildman–Crippen MR) is 310 cm³/mol. The maximum atomic E-state index is 7.26. The highest BCUT2D eigenvalue weighted by Gasteiger charge is 2.31. The normalized spacial score (nSPS) is 12.4. The van der Waals surface area contributed by atoms with Crippen LogP contribution in [0.5, 0.6) is 11.5 Å². The van der Waals surface area contributed by atoms with Crippen molar-refractivity contribution in [3.8, 4) is 50.9 Å². The van der Waals surface area contributed by atoms with Crippen molar-refractivity contribution < 1.29 is 9.30 Å². The summed E-state index contributed by atoms with van der Waals surface area (Å²) in [7, 11) is 0. The molecule has 5 nitrogen and oxygen atoms in total. The Labute approximate surface area is 443 Å². The summed E-state index contributed by atoms with van der Waals surface area (Å²) < 4.78 is 14.0. The van der Waals surface area contributed by atoms with Crippen molar-refractivity contribution >= 4 is 21.8 Å². The first-order valence-corrected chi connectivity index (χ1v) is 26.3. The number of imidazole rings is 1. The number of rotatable bonds is 11. The molecule has 3 aromatic heterocycles. The summed E-state index contributed by atoms with van der Waals surface area (Å²) in [6.45, 7) is 22.9. The topological polar surface area (TPSA) is 35.9 Å². The van der Waals surface area contributed by atoms with E-state index in [9.17, 15) is 0 Å². The van der Waals surface area contributed by atoms with Gasteiger partial charge in [0, 0.05) is 40.1 Å². The van der Waals surface area contributed by atoms with E-state index >= 15 is 0 Å². The summed E-state index contributed by atoms with van der Waals surface area (Å²) in [5.74, 6) is 2.36. The zero-order valence-corrected chi connectivity index (χ0v) is 45.0. The lowest BCUT2D eigenvalue weighted by Gasteiger charge is -2.29. The van der Waals surface area contributed by atoms with Gasteiger partial charge < -0.3 is 4.74 Å². The van der Waals surface area contributed by atoms with E-state index in [-0.39, 0.29) is 16.2 Å². The molecule has 0 saturated heterocycles. The molecule has 11 rings (SSSR count). The largest absolute Gasteiger partial charge is 0.458 e. The maximum Gasteiger partial charge on any atom is 0.269 e. The van der Waals surface area contributed by atoms with Crippen molar-refractivity contribution in [3.63, 3.8) is 0 Å². The Balaban J connectivity index is 1.12. The molecule has 0 aliphatic rings. The van der Waals surface area contributed by atoms with Crippen LogP contribution in [0.1, 0.15) is 103 Å². The van der Waals surface area contributed by atoms with E-state index in [1.54, 1.807) is 0 Å². The van der Waals surface area contributed by atoms with Gasteiger partial charge in [0.2, 0.25) is 0 Å². The average molecular weight is 979 g/mol. The molecule has 0 bridgehead atoms. The monoisotopic (exact) mass is 979 g/mol. The molecule has 11 aromatic rings. The number of fused-ring (bicyclic) bond motifs is 3. The van der Waals surface area contributed by atoms with Crippen LogP contribution in [0.3, 0.4) is 0 Å². The average Bonchev–Trinajstić information content (AvgIpc) is 4.02. The Morgan fingerprint density at radius 2 is 1.03 bits per heavy atom. The van der Waals surface area contributed by atoms with Crippen molar-refractivity contribution in [2.45, 2.75) is 90.9 Å². The highest BCUT2D eigenvalue weighted by Crippen LogP contribution is 2.44.